The second-order valence-corrected chi connectivity index (χ2v) is 7.37. The molecule has 4 nitrogen and oxygen atoms in total. The summed E-state index contributed by atoms with van der Waals surface area (Å²) in [5.41, 5.74) is 0.379. The Hall–Kier alpha value is -0.980. The lowest BCUT2D eigenvalue weighted by atomic mass is 10.2. The number of unbranched alkanes of at least 4 members (excludes halogenated alkanes) is 1. The second kappa shape index (κ2) is 6.85. The molecule has 1 fully saturated rings. The molecule has 0 bridgehead atoms. The van der Waals surface area contributed by atoms with Gasteiger partial charge in [0.1, 0.15) is 5.82 Å². The van der Waals surface area contributed by atoms with Crippen LogP contribution in [-0.2, 0) is 16.6 Å². The summed E-state index contributed by atoms with van der Waals surface area (Å²) in [5, 5.41) is 2.85. The largest absolute Gasteiger partial charge is 0.316 e. The van der Waals surface area contributed by atoms with E-state index in [1.165, 1.54) is 18.2 Å². The van der Waals surface area contributed by atoms with Gasteiger partial charge in [0.05, 0.1) is 4.90 Å². The van der Waals surface area contributed by atoms with Gasteiger partial charge in [-0.15, -0.1) is 0 Å². The van der Waals surface area contributed by atoms with Crippen molar-refractivity contribution in [2.75, 3.05) is 13.6 Å². The number of hydrogen-bond donors (Lipinski definition) is 1. The lowest BCUT2D eigenvalue weighted by Gasteiger charge is -2.22. The lowest BCUT2D eigenvalue weighted by Crippen LogP contribution is -2.34. The zero-order chi connectivity index (χ0) is 15.5. The number of nitrogens with one attached hydrogen (secondary N) is 1. The summed E-state index contributed by atoms with van der Waals surface area (Å²) in [6.07, 6.45) is 3.65. The topological polar surface area (TPSA) is 49.4 Å². The first-order chi connectivity index (χ1) is 10.0. The molecule has 1 aromatic rings. The first-order valence-electron chi connectivity index (χ1n) is 7.45. The fraction of sp³-hybridized carbons (Fsp3) is 0.600. The third-order valence-corrected chi connectivity index (χ3v) is 5.63. The first kappa shape index (κ1) is 16.4. The van der Waals surface area contributed by atoms with Gasteiger partial charge in [0.25, 0.3) is 0 Å². The van der Waals surface area contributed by atoms with E-state index in [9.17, 15) is 12.8 Å². The molecular weight excluding hydrogens is 291 g/mol. The molecule has 1 N–H and O–H groups in total. The molecule has 1 aliphatic carbocycles. The van der Waals surface area contributed by atoms with Crippen molar-refractivity contribution >= 4 is 10.0 Å². The van der Waals surface area contributed by atoms with Crippen LogP contribution < -0.4 is 5.32 Å². The van der Waals surface area contributed by atoms with Crippen LogP contribution in [0.2, 0.25) is 0 Å². The minimum atomic E-state index is -3.53. The van der Waals surface area contributed by atoms with E-state index in [-0.39, 0.29) is 16.8 Å². The monoisotopic (exact) mass is 314 g/mol. The van der Waals surface area contributed by atoms with E-state index < -0.39 is 10.0 Å². The van der Waals surface area contributed by atoms with E-state index in [1.54, 1.807) is 11.4 Å². The maximum absolute atomic E-state index is 13.7. The van der Waals surface area contributed by atoms with Crippen LogP contribution in [0.3, 0.4) is 0 Å². The Morgan fingerprint density at radius 3 is 2.67 bits per heavy atom. The van der Waals surface area contributed by atoms with E-state index in [1.807, 2.05) is 6.92 Å². The Kier molecular flexibility index (Phi) is 5.35. The van der Waals surface area contributed by atoms with E-state index in [4.69, 9.17) is 0 Å². The molecule has 0 radical (unpaired) electrons. The number of benzene rings is 1. The fourth-order valence-electron chi connectivity index (χ4n) is 2.35. The highest BCUT2D eigenvalue weighted by molar-refractivity contribution is 7.89. The van der Waals surface area contributed by atoms with Gasteiger partial charge in [-0.05, 0) is 44.5 Å². The summed E-state index contributed by atoms with van der Waals surface area (Å²) < 4.78 is 40.8. The van der Waals surface area contributed by atoms with Gasteiger partial charge >= 0.3 is 0 Å². The molecule has 0 saturated heterocycles. The molecule has 0 aliphatic heterocycles. The van der Waals surface area contributed by atoms with Crippen molar-refractivity contribution in [3.05, 3.63) is 29.6 Å². The molecule has 1 aromatic carbocycles. The Bertz CT molecular complexity index is 585. The van der Waals surface area contributed by atoms with E-state index in [0.29, 0.717) is 18.7 Å². The van der Waals surface area contributed by atoms with Crippen LogP contribution in [0.15, 0.2) is 23.1 Å². The van der Waals surface area contributed by atoms with Crippen LogP contribution in [0.4, 0.5) is 4.39 Å². The summed E-state index contributed by atoms with van der Waals surface area (Å²) in [5.74, 6) is -0.380. The molecule has 0 amide bonds. The Labute approximate surface area is 126 Å². The standard InChI is InChI=1S/C15H23FN2O2S/c1-3-4-9-18(13-5-6-13)21(19,20)14-7-8-15(16)12(10-14)11-17-2/h7-8,10,13,17H,3-6,9,11H2,1-2H3. The number of rotatable bonds is 8. The molecule has 1 saturated carbocycles. The number of sulfonamides is 1. The number of hydrogen-bond acceptors (Lipinski definition) is 3. The average molecular weight is 314 g/mol. The molecule has 1 aliphatic rings. The Morgan fingerprint density at radius 1 is 1.38 bits per heavy atom. The summed E-state index contributed by atoms with van der Waals surface area (Å²) >= 11 is 0. The molecule has 118 valence electrons. The van der Waals surface area contributed by atoms with Gasteiger partial charge < -0.3 is 5.32 Å². The summed E-state index contributed by atoms with van der Waals surface area (Å²) in [7, 11) is -1.82. The van der Waals surface area contributed by atoms with Crippen LogP contribution in [0.5, 0.6) is 0 Å². The first-order valence-corrected chi connectivity index (χ1v) is 8.89. The van der Waals surface area contributed by atoms with Crippen LogP contribution in [-0.4, -0.2) is 32.4 Å². The van der Waals surface area contributed by atoms with Crippen LogP contribution in [0.1, 0.15) is 38.2 Å². The predicted molar refractivity (Wildman–Crippen MR) is 81.0 cm³/mol. The molecule has 0 spiro atoms. The average Bonchev–Trinajstić information content (AvgIpc) is 3.26. The van der Waals surface area contributed by atoms with Crippen molar-refractivity contribution < 1.29 is 12.8 Å². The highest BCUT2D eigenvalue weighted by atomic mass is 32.2. The Morgan fingerprint density at radius 2 is 2.10 bits per heavy atom. The van der Waals surface area contributed by atoms with Gasteiger partial charge in [-0.3, -0.25) is 0 Å². The third kappa shape index (κ3) is 3.81. The normalized spacial score (nSPS) is 15.6. The second-order valence-electron chi connectivity index (χ2n) is 5.48. The molecule has 0 unspecified atom stereocenters. The SMILES string of the molecule is CCCCN(C1CC1)S(=O)(=O)c1ccc(F)c(CNC)c1. The van der Waals surface area contributed by atoms with Crippen molar-refractivity contribution in [1.29, 1.82) is 0 Å². The molecule has 2 rings (SSSR count). The molecule has 0 heterocycles. The molecule has 6 heteroatoms. The maximum atomic E-state index is 13.7. The molecule has 0 aromatic heterocycles. The highest BCUT2D eigenvalue weighted by Gasteiger charge is 2.37. The van der Waals surface area contributed by atoms with Gasteiger partial charge in [-0.25, -0.2) is 12.8 Å². The van der Waals surface area contributed by atoms with Crippen molar-refractivity contribution in [2.45, 2.75) is 50.1 Å². The number of nitrogens with zero attached hydrogens (tertiary/aromatic N) is 1. The molecule has 0 atom stereocenters. The summed E-state index contributed by atoms with van der Waals surface area (Å²) in [4.78, 5) is 0.192. The summed E-state index contributed by atoms with van der Waals surface area (Å²) in [6, 6.07) is 4.18. The van der Waals surface area contributed by atoms with Gasteiger partial charge in [0.15, 0.2) is 0 Å². The van der Waals surface area contributed by atoms with E-state index in [0.717, 1.165) is 25.7 Å². The van der Waals surface area contributed by atoms with Crippen LogP contribution in [0, 0.1) is 5.82 Å². The number of halogens is 1. The van der Waals surface area contributed by atoms with Crippen molar-refractivity contribution in [3.8, 4) is 0 Å². The maximum Gasteiger partial charge on any atom is 0.243 e. The fourth-order valence-corrected chi connectivity index (χ4v) is 4.12. The molecule has 21 heavy (non-hydrogen) atoms. The van der Waals surface area contributed by atoms with Crippen molar-refractivity contribution in [3.63, 3.8) is 0 Å². The minimum Gasteiger partial charge on any atom is -0.316 e. The molecular formula is C15H23FN2O2S. The van der Waals surface area contributed by atoms with Gasteiger partial charge in [0.2, 0.25) is 10.0 Å². The highest BCUT2D eigenvalue weighted by Crippen LogP contribution is 2.32. The Balaban J connectivity index is 2.30. The quantitative estimate of drug-likeness (QED) is 0.802. The van der Waals surface area contributed by atoms with Gasteiger partial charge in [-0.2, -0.15) is 4.31 Å². The van der Waals surface area contributed by atoms with Gasteiger partial charge in [0, 0.05) is 24.7 Å². The van der Waals surface area contributed by atoms with Gasteiger partial charge in [-0.1, -0.05) is 13.3 Å². The smallest absolute Gasteiger partial charge is 0.243 e. The summed E-state index contributed by atoms with van der Waals surface area (Å²) in [6.45, 7) is 2.90. The van der Waals surface area contributed by atoms with Crippen LogP contribution >= 0.6 is 0 Å². The zero-order valence-electron chi connectivity index (χ0n) is 12.6. The zero-order valence-corrected chi connectivity index (χ0v) is 13.4. The lowest BCUT2D eigenvalue weighted by molar-refractivity contribution is 0.395. The van der Waals surface area contributed by atoms with E-state index in [2.05, 4.69) is 5.32 Å². The minimum absolute atomic E-state index is 0.124. The van der Waals surface area contributed by atoms with Crippen LogP contribution in [0.25, 0.3) is 0 Å². The van der Waals surface area contributed by atoms with E-state index >= 15 is 0 Å². The predicted octanol–water partition coefficient (Wildman–Crippen LogP) is 2.50. The van der Waals surface area contributed by atoms with Crippen molar-refractivity contribution in [2.24, 2.45) is 0 Å². The van der Waals surface area contributed by atoms with Crippen molar-refractivity contribution in [1.82, 2.24) is 9.62 Å². The third-order valence-electron chi connectivity index (χ3n) is 3.68.